The molecule has 7 heteroatoms. The van der Waals surface area contributed by atoms with Crippen molar-refractivity contribution in [1.82, 2.24) is 0 Å². The number of nitrogens with zero attached hydrogens (tertiary/aromatic N) is 3. The van der Waals surface area contributed by atoms with Gasteiger partial charge in [0.05, 0.1) is 27.5 Å². The number of hydrogen-bond acceptors (Lipinski definition) is 4. The van der Waals surface area contributed by atoms with Crippen LogP contribution in [0.3, 0.4) is 0 Å². The topological polar surface area (TPSA) is 53.0 Å². The van der Waals surface area contributed by atoms with Gasteiger partial charge < -0.3 is 4.90 Å². The molecule has 3 aromatic rings. The molecule has 2 aliphatic heterocycles. The van der Waals surface area contributed by atoms with Gasteiger partial charge in [-0.2, -0.15) is 0 Å². The second-order valence-corrected chi connectivity index (χ2v) is 10.5. The molecule has 0 radical (unpaired) electrons. The molecule has 36 heavy (non-hydrogen) atoms. The highest BCUT2D eigenvalue weighted by Gasteiger charge is 2.43. The monoisotopic (exact) mass is 559 g/mol. The minimum Gasteiger partial charge on any atom is -0.308 e. The minimum atomic E-state index is -0.236. The predicted octanol–water partition coefficient (Wildman–Crippen LogP) is 7.12. The molecule has 1 fully saturated rings. The molecular formula is C29H26BrN3O2S. The molecule has 0 unspecified atom stereocenters. The fraction of sp³-hybridized carbons (Fsp3) is 0.207. The number of carbonyl (C=O) groups excluding carboxylic acids is 2. The Kier molecular flexibility index (Phi) is 6.86. The first-order chi connectivity index (χ1) is 17.4. The standard InChI is InChI=1S/C29H26BrN3O2S/c1-4-18-7-12-21(13-8-18)31-29-33(22-14-9-19(5-2)10-15-22)28(35)26(36-29)25-23-17-20(30)11-16-24(23)32(6-3)27(25)34/h7-17H,4-6H2,1-3H3. The van der Waals surface area contributed by atoms with Crippen LogP contribution in [0.4, 0.5) is 17.1 Å². The Morgan fingerprint density at radius 2 is 1.47 bits per heavy atom. The van der Waals surface area contributed by atoms with Crippen molar-refractivity contribution in [2.45, 2.75) is 33.6 Å². The lowest BCUT2D eigenvalue weighted by atomic mass is 10.1. The van der Waals surface area contributed by atoms with Crippen molar-refractivity contribution in [2.24, 2.45) is 4.99 Å². The van der Waals surface area contributed by atoms with Crippen LogP contribution in [0.2, 0.25) is 0 Å². The zero-order valence-electron chi connectivity index (χ0n) is 20.4. The van der Waals surface area contributed by atoms with Crippen molar-refractivity contribution in [1.29, 1.82) is 0 Å². The van der Waals surface area contributed by atoms with Crippen LogP contribution in [0, 0.1) is 0 Å². The van der Waals surface area contributed by atoms with E-state index in [1.54, 1.807) is 9.80 Å². The Morgan fingerprint density at radius 1 is 0.833 bits per heavy atom. The van der Waals surface area contributed by atoms with Gasteiger partial charge in [-0.3, -0.25) is 14.5 Å². The number of thioether (sulfide) groups is 1. The van der Waals surface area contributed by atoms with Gasteiger partial charge in [-0.25, -0.2) is 4.99 Å². The fourth-order valence-electron chi connectivity index (χ4n) is 4.46. The lowest BCUT2D eigenvalue weighted by Gasteiger charge is -2.16. The highest BCUT2D eigenvalue weighted by Crippen LogP contribution is 2.46. The van der Waals surface area contributed by atoms with Crippen LogP contribution in [0.15, 0.2) is 81.1 Å². The van der Waals surface area contributed by atoms with Crippen molar-refractivity contribution in [3.05, 3.63) is 92.8 Å². The number of aryl methyl sites for hydroxylation is 2. The van der Waals surface area contributed by atoms with Gasteiger partial charge in [0.15, 0.2) is 5.17 Å². The number of fused-ring (bicyclic) bond motifs is 1. The summed E-state index contributed by atoms with van der Waals surface area (Å²) >= 11 is 4.79. The van der Waals surface area contributed by atoms with E-state index in [0.29, 0.717) is 22.2 Å². The maximum atomic E-state index is 14.0. The zero-order valence-corrected chi connectivity index (χ0v) is 22.8. The van der Waals surface area contributed by atoms with E-state index in [1.807, 2.05) is 73.7 Å². The summed E-state index contributed by atoms with van der Waals surface area (Å²) in [7, 11) is 0. The Balaban J connectivity index is 1.67. The molecule has 2 amide bonds. The van der Waals surface area contributed by atoms with Crippen LogP contribution in [0.5, 0.6) is 0 Å². The first kappa shape index (κ1) is 24.5. The van der Waals surface area contributed by atoms with E-state index >= 15 is 0 Å². The van der Waals surface area contributed by atoms with E-state index in [1.165, 1.54) is 22.9 Å². The summed E-state index contributed by atoms with van der Waals surface area (Å²) < 4.78 is 0.859. The molecule has 0 atom stereocenters. The summed E-state index contributed by atoms with van der Waals surface area (Å²) in [5, 5.41) is 0.537. The first-order valence-corrected chi connectivity index (χ1v) is 13.7. The molecule has 0 bridgehead atoms. The second-order valence-electron chi connectivity index (χ2n) is 8.59. The Hall–Kier alpha value is -3.16. The lowest BCUT2D eigenvalue weighted by molar-refractivity contribution is -0.115. The molecule has 5 nitrogen and oxygen atoms in total. The third-order valence-electron chi connectivity index (χ3n) is 6.48. The molecule has 3 aromatic carbocycles. The largest absolute Gasteiger partial charge is 0.308 e. The molecule has 2 aliphatic rings. The van der Waals surface area contributed by atoms with Crippen LogP contribution in [-0.4, -0.2) is 23.5 Å². The highest BCUT2D eigenvalue weighted by molar-refractivity contribution is 9.10. The maximum absolute atomic E-state index is 14.0. The average molecular weight is 561 g/mol. The molecule has 0 spiro atoms. The summed E-state index contributed by atoms with van der Waals surface area (Å²) in [6.45, 7) is 6.67. The van der Waals surface area contributed by atoms with Crippen molar-refractivity contribution in [3.8, 4) is 0 Å². The van der Waals surface area contributed by atoms with Gasteiger partial charge in [0.25, 0.3) is 11.8 Å². The molecule has 0 aliphatic carbocycles. The van der Waals surface area contributed by atoms with Crippen LogP contribution in [0.25, 0.3) is 5.57 Å². The quantitative estimate of drug-likeness (QED) is 0.313. The van der Waals surface area contributed by atoms with Crippen LogP contribution in [0.1, 0.15) is 37.5 Å². The Labute approximate surface area is 224 Å². The van der Waals surface area contributed by atoms with Gasteiger partial charge in [-0.05, 0) is 85.1 Å². The van der Waals surface area contributed by atoms with E-state index < -0.39 is 0 Å². The second kappa shape index (κ2) is 10.1. The lowest BCUT2D eigenvalue weighted by Crippen LogP contribution is -2.30. The van der Waals surface area contributed by atoms with E-state index in [4.69, 9.17) is 4.99 Å². The van der Waals surface area contributed by atoms with E-state index in [9.17, 15) is 9.59 Å². The number of hydrogen-bond donors (Lipinski definition) is 0. The number of benzene rings is 3. The Morgan fingerprint density at radius 3 is 2.08 bits per heavy atom. The van der Waals surface area contributed by atoms with Crippen LogP contribution >= 0.6 is 27.7 Å². The van der Waals surface area contributed by atoms with Gasteiger partial charge in [-0.1, -0.05) is 54.0 Å². The number of rotatable bonds is 5. The molecule has 0 N–H and O–H groups in total. The molecule has 1 saturated heterocycles. The smallest absolute Gasteiger partial charge is 0.272 e. The van der Waals surface area contributed by atoms with Crippen LogP contribution in [-0.2, 0) is 22.4 Å². The van der Waals surface area contributed by atoms with Gasteiger partial charge in [0.2, 0.25) is 0 Å². The summed E-state index contributed by atoms with van der Waals surface area (Å²) in [5.74, 6) is -0.392. The number of halogens is 1. The third kappa shape index (κ3) is 4.31. The Bertz CT molecular complexity index is 1410. The number of aliphatic imine (C=N–C) groups is 1. The van der Waals surface area contributed by atoms with E-state index in [-0.39, 0.29) is 11.8 Å². The minimum absolute atomic E-state index is 0.156. The van der Waals surface area contributed by atoms with E-state index in [2.05, 4.69) is 29.8 Å². The van der Waals surface area contributed by atoms with Crippen molar-refractivity contribution < 1.29 is 9.59 Å². The molecule has 182 valence electrons. The van der Waals surface area contributed by atoms with Gasteiger partial charge in [0, 0.05) is 16.6 Å². The first-order valence-electron chi connectivity index (χ1n) is 12.1. The van der Waals surface area contributed by atoms with Gasteiger partial charge in [-0.15, -0.1) is 0 Å². The SMILES string of the molecule is CCc1ccc(N=C2SC(=C3C(=O)N(CC)c4ccc(Br)cc43)C(=O)N2c2ccc(CC)cc2)cc1. The molecular weight excluding hydrogens is 534 g/mol. The zero-order chi connectivity index (χ0) is 25.4. The van der Waals surface area contributed by atoms with Crippen molar-refractivity contribution in [2.75, 3.05) is 16.3 Å². The van der Waals surface area contributed by atoms with E-state index in [0.717, 1.165) is 39.9 Å². The summed E-state index contributed by atoms with van der Waals surface area (Å²) in [6, 6.07) is 21.7. The molecule has 0 saturated carbocycles. The normalized spacial score (nSPS) is 18.5. The van der Waals surface area contributed by atoms with Crippen molar-refractivity contribution >= 4 is 67.3 Å². The van der Waals surface area contributed by atoms with Crippen LogP contribution < -0.4 is 9.80 Å². The summed E-state index contributed by atoms with van der Waals surface area (Å²) in [5.41, 5.74) is 5.93. The number of anilines is 2. The fourth-order valence-corrected chi connectivity index (χ4v) is 5.91. The molecule has 2 heterocycles. The third-order valence-corrected chi connectivity index (χ3v) is 8.01. The average Bonchev–Trinajstić information content (AvgIpc) is 3.35. The highest BCUT2D eigenvalue weighted by atomic mass is 79.9. The number of likely N-dealkylation sites (N-methyl/N-ethyl adjacent to an activating group) is 1. The van der Waals surface area contributed by atoms with Gasteiger partial charge >= 0.3 is 0 Å². The van der Waals surface area contributed by atoms with Gasteiger partial charge in [0.1, 0.15) is 0 Å². The maximum Gasteiger partial charge on any atom is 0.272 e. The number of amides is 2. The van der Waals surface area contributed by atoms with Crippen molar-refractivity contribution in [3.63, 3.8) is 0 Å². The molecule has 0 aromatic heterocycles. The molecule has 5 rings (SSSR count). The predicted molar refractivity (Wildman–Crippen MR) is 153 cm³/mol. The summed E-state index contributed by atoms with van der Waals surface area (Å²) in [4.78, 5) is 36.1. The summed E-state index contributed by atoms with van der Waals surface area (Å²) in [6.07, 6.45) is 1.86. The number of carbonyl (C=O) groups is 2. The number of amidine groups is 1.